The van der Waals surface area contributed by atoms with Crippen molar-refractivity contribution in [2.75, 3.05) is 18.4 Å². The van der Waals surface area contributed by atoms with E-state index in [4.69, 9.17) is 0 Å². The van der Waals surface area contributed by atoms with E-state index in [1.54, 1.807) is 12.4 Å². The van der Waals surface area contributed by atoms with Gasteiger partial charge >= 0.3 is 0 Å². The third-order valence-electron chi connectivity index (χ3n) is 4.86. The Hall–Kier alpha value is -3.08. The van der Waals surface area contributed by atoms with Crippen LogP contribution in [0.25, 0.3) is 6.08 Å². The number of allylic oxidation sites excluding steroid dienone is 5. The first-order valence-corrected chi connectivity index (χ1v) is 9.18. The Balaban J connectivity index is 1.79. The lowest BCUT2D eigenvalue weighted by Gasteiger charge is -2.40. The summed E-state index contributed by atoms with van der Waals surface area (Å²) in [6.45, 7) is 18.4. The molecule has 5 nitrogen and oxygen atoms in total. The Bertz CT molecular complexity index is 829. The second kappa shape index (κ2) is 8.08. The second-order valence-corrected chi connectivity index (χ2v) is 6.78. The highest BCUT2D eigenvalue weighted by Gasteiger charge is 2.38. The number of anilines is 1. The van der Waals surface area contributed by atoms with Crippen LogP contribution < -0.4 is 5.32 Å². The van der Waals surface area contributed by atoms with Gasteiger partial charge in [0.05, 0.1) is 17.4 Å². The monoisotopic (exact) mass is 361 g/mol. The van der Waals surface area contributed by atoms with Crippen molar-refractivity contribution in [3.05, 3.63) is 84.8 Å². The molecule has 0 amide bonds. The second-order valence-electron chi connectivity index (χ2n) is 6.78. The van der Waals surface area contributed by atoms with E-state index in [0.717, 1.165) is 47.9 Å². The highest BCUT2D eigenvalue weighted by Crippen LogP contribution is 2.36. The number of hydrogen-bond acceptors (Lipinski definition) is 5. The van der Waals surface area contributed by atoms with Crippen molar-refractivity contribution in [2.24, 2.45) is 0 Å². The van der Waals surface area contributed by atoms with Gasteiger partial charge in [0.1, 0.15) is 5.82 Å². The maximum Gasteiger partial charge on any atom is 0.228 e. The fourth-order valence-corrected chi connectivity index (χ4v) is 3.43. The van der Waals surface area contributed by atoms with Gasteiger partial charge in [-0.1, -0.05) is 49.6 Å². The fourth-order valence-electron chi connectivity index (χ4n) is 3.43. The first kappa shape index (κ1) is 18.7. The normalized spacial score (nSPS) is 21.3. The Kier molecular flexibility index (Phi) is 5.60. The molecular formula is C22H27N5. The van der Waals surface area contributed by atoms with Crippen LogP contribution in [0.1, 0.15) is 25.8 Å². The van der Waals surface area contributed by atoms with Gasteiger partial charge in [-0.2, -0.15) is 0 Å². The summed E-state index contributed by atoms with van der Waals surface area (Å²) in [6.07, 6.45) is 14.6. The molecule has 1 atom stereocenters. The third kappa shape index (κ3) is 4.03. The van der Waals surface area contributed by atoms with Gasteiger partial charge in [-0.05, 0) is 26.3 Å². The van der Waals surface area contributed by atoms with E-state index in [1.165, 1.54) is 0 Å². The third-order valence-corrected chi connectivity index (χ3v) is 4.86. The number of rotatable bonds is 6. The quantitative estimate of drug-likeness (QED) is 0.765. The van der Waals surface area contributed by atoms with Crippen LogP contribution in [-0.4, -0.2) is 38.9 Å². The minimum absolute atomic E-state index is 0.362. The van der Waals surface area contributed by atoms with Gasteiger partial charge in [-0.25, -0.2) is 9.97 Å². The molecule has 2 saturated heterocycles. The average molecular weight is 361 g/mol. The van der Waals surface area contributed by atoms with Crippen molar-refractivity contribution in [2.45, 2.75) is 26.3 Å². The number of nitrogens with zero attached hydrogens (tertiary/aromatic N) is 4. The topological polar surface area (TPSA) is 44.3 Å². The minimum Gasteiger partial charge on any atom is -0.368 e. The van der Waals surface area contributed by atoms with Gasteiger partial charge in [-0.15, -0.1) is 0 Å². The van der Waals surface area contributed by atoms with E-state index in [1.807, 2.05) is 32.1 Å². The first-order chi connectivity index (χ1) is 13.0. The SMILES string of the molecule is C=C/C(C)=C/C=C1\C(=C)N(C(=C)Nc2ncc(/C=C\C)cn2)C2CCN1C2. The molecule has 140 valence electrons. The minimum atomic E-state index is 0.362. The largest absolute Gasteiger partial charge is 0.368 e. The molecule has 5 heteroatoms. The van der Waals surface area contributed by atoms with Crippen LogP contribution in [0.4, 0.5) is 5.95 Å². The van der Waals surface area contributed by atoms with Crippen molar-refractivity contribution in [3.63, 3.8) is 0 Å². The molecule has 0 aromatic carbocycles. The van der Waals surface area contributed by atoms with Crippen LogP contribution in [0.15, 0.2) is 79.2 Å². The Labute approximate surface area is 161 Å². The van der Waals surface area contributed by atoms with Gasteiger partial charge in [0.2, 0.25) is 5.95 Å². The van der Waals surface area contributed by atoms with E-state index in [-0.39, 0.29) is 0 Å². The molecule has 0 spiro atoms. The van der Waals surface area contributed by atoms with E-state index < -0.39 is 0 Å². The molecule has 1 N–H and O–H groups in total. The van der Waals surface area contributed by atoms with Gasteiger partial charge in [0.15, 0.2) is 0 Å². The van der Waals surface area contributed by atoms with Gasteiger partial charge < -0.3 is 15.1 Å². The zero-order chi connectivity index (χ0) is 19.4. The Morgan fingerprint density at radius 1 is 1.33 bits per heavy atom. The van der Waals surface area contributed by atoms with Crippen molar-refractivity contribution in [1.82, 2.24) is 19.8 Å². The lowest BCUT2D eigenvalue weighted by atomic mass is 10.1. The van der Waals surface area contributed by atoms with Crippen LogP contribution >= 0.6 is 0 Å². The first-order valence-electron chi connectivity index (χ1n) is 9.18. The van der Waals surface area contributed by atoms with Crippen LogP contribution in [0.2, 0.25) is 0 Å². The van der Waals surface area contributed by atoms with Crippen molar-refractivity contribution in [1.29, 1.82) is 0 Å². The van der Waals surface area contributed by atoms with E-state index >= 15 is 0 Å². The lowest BCUT2D eigenvalue weighted by molar-refractivity contribution is 0.263. The molecule has 2 bridgehead atoms. The van der Waals surface area contributed by atoms with Crippen molar-refractivity contribution >= 4 is 12.0 Å². The number of nitrogens with one attached hydrogen (secondary N) is 1. The molecule has 0 saturated carbocycles. The lowest BCUT2D eigenvalue weighted by Crippen LogP contribution is -2.44. The molecule has 1 aromatic heterocycles. The summed E-state index contributed by atoms with van der Waals surface area (Å²) in [5.41, 5.74) is 4.16. The molecule has 0 aliphatic carbocycles. The van der Waals surface area contributed by atoms with Crippen LogP contribution in [0, 0.1) is 0 Å². The number of fused-ring (bicyclic) bond motifs is 2. The van der Waals surface area contributed by atoms with Crippen LogP contribution in [0.5, 0.6) is 0 Å². The summed E-state index contributed by atoms with van der Waals surface area (Å²) in [6, 6.07) is 0.362. The van der Waals surface area contributed by atoms with E-state index in [0.29, 0.717) is 12.0 Å². The maximum absolute atomic E-state index is 4.37. The molecule has 2 aliphatic heterocycles. The summed E-state index contributed by atoms with van der Waals surface area (Å²) in [5.74, 6) is 1.29. The average Bonchev–Trinajstić information content (AvgIpc) is 3.08. The van der Waals surface area contributed by atoms with Gasteiger partial charge in [0, 0.05) is 31.0 Å². The molecule has 27 heavy (non-hydrogen) atoms. The van der Waals surface area contributed by atoms with E-state index in [2.05, 4.69) is 57.0 Å². The molecular weight excluding hydrogens is 334 g/mol. The highest BCUT2D eigenvalue weighted by atomic mass is 15.4. The van der Waals surface area contributed by atoms with E-state index in [9.17, 15) is 0 Å². The van der Waals surface area contributed by atoms with Gasteiger partial charge in [-0.3, -0.25) is 0 Å². The summed E-state index contributed by atoms with van der Waals surface area (Å²) in [4.78, 5) is 13.3. The molecule has 1 aromatic rings. The number of piperazine rings is 1. The van der Waals surface area contributed by atoms with Crippen LogP contribution in [0.3, 0.4) is 0 Å². The molecule has 3 rings (SSSR count). The smallest absolute Gasteiger partial charge is 0.228 e. The van der Waals surface area contributed by atoms with Crippen molar-refractivity contribution in [3.8, 4) is 0 Å². The number of aromatic nitrogens is 2. The predicted molar refractivity (Wildman–Crippen MR) is 112 cm³/mol. The molecule has 3 heterocycles. The van der Waals surface area contributed by atoms with Crippen molar-refractivity contribution < 1.29 is 0 Å². The maximum atomic E-state index is 4.37. The van der Waals surface area contributed by atoms with Crippen LogP contribution in [-0.2, 0) is 0 Å². The standard InChI is InChI=1S/C22H27N5/c1-6-8-19-13-23-22(24-14-19)25-18(5)27-17(4)21(10-9-16(3)7-2)26-12-11-20(27)15-26/h6-10,13-14,20H,2,4-5,11-12,15H2,1,3H3,(H,23,24,25)/b8-6-,16-9+,21-10+. The summed E-state index contributed by atoms with van der Waals surface area (Å²) in [5, 5.41) is 3.24. The zero-order valence-electron chi connectivity index (χ0n) is 16.2. The summed E-state index contributed by atoms with van der Waals surface area (Å²) in [7, 11) is 0. The fraction of sp³-hybridized carbons (Fsp3) is 0.273. The molecule has 2 fully saturated rings. The molecule has 1 unspecified atom stereocenters. The zero-order valence-corrected chi connectivity index (χ0v) is 16.2. The molecule has 2 aliphatic rings. The summed E-state index contributed by atoms with van der Waals surface area (Å²) >= 11 is 0. The number of hydrogen-bond donors (Lipinski definition) is 1. The highest BCUT2D eigenvalue weighted by molar-refractivity contribution is 5.48. The molecule has 0 radical (unpaired) electrons. The summed E-state index contributed by atoms with van der Waals surface area (Å²) < 4.78 is 0. The Morgan fingerprint density at radius 3 is 2.74 bits per heavy atom. The Morgan fingerprint density at radius 2 is 2.07 bits per heavy atom. The van der Waals surface area contributed by atoms with Gasteiger partial charge in [0.25, 0.3) is 0 Å². The predicted octanol–water partition coefficient (Wildman–Crippen LogP) is 4.31.